The van der Waals surface area contributed by atoms with Crippen molar-refractivity contribution in [3.8, 4) is 0 Å². The van der Waals surface area contributed by atoms with Gasteiger partial charge in [-0.15, -0.1) is 5.10 Å². The minimum atomic E-state index is -0.592. The van der Waals surface area contributed by atoms with Gasteiger partial charge in [0.1, 0.15) is 0 Å². The van der Waals surface area contributed by atoms with Crippen molar-refractivity contribution in [3.63, 3.8) is 0 Å². The Kier molecular flexibility index (Phi) is 5.21. The van der Waals surface area contributed by atoms with Crippen LogP contribution in [0.4, 0.5) is 4.79 Å². The summed E-state index contributed by atoms with van der Waals surface area (Å²) in [6.07, 6.45) is 0. The number of nitrogens with one attached hydrogen (secondary N) is 2. The predicted octanol–water partition coefficient (Wildman–Crippen LogP) is 1.09. The van der Waals surface area contributed by atoms with Gasteiger partial charge in [-0.05, 0) is 28.5 Å². The fraction of sp³-hybridized carbons (Fsp3) is 0.312. The Bertz CT molecular complexity index is 878. The van der Waals surface area contributed by atoms with E-state index in [0.717, 1.165) is 11.1 Å². The summed E-state index contributed by atoms with van der Waals surface area (Å²) in [4.78, 5) is 24.7. The van der Waals surface area contributed by atoms with Crippen LogP contribution in [0.1, 0.15) is 17.2 Å². The van der Waals surface area contributed by atoms with Gasteiger partial charge in [0.25, 0.3) is 0 Å². The molecule has 0 saturated heterocycles. The van der Waals surface area contributed by atoms with Crippen molar-refractivity contribution in [2.45, 2.75) is 18.1 Å². The molecule has 0 radical (unpaired) electrons. The second-order valence-corrected chi connectivity index (χ2v) is 6.59. The minimum Gasteiger partial charge on any atom is -0.466 e. The average Bonchev–Trinajstić information content (AvgIpc) is 3.04. The molecule has 0 aliphatic carbocycles. The molecular formula is C16H18N6O3S. The van der Waals surface area contributed by atoms with E-state index in [1.54, 1.807) is 7.05 Å². The molecule has 10 heteroatoms. The number of hydrogen-bond acceptors (Lipinski definition) is 7. The Morgan fingerprint density at radius 3 is 2.81 bits per heavy atom. The number of tetrazole rings is 1. The number of thioether (sulfide) groups is 1. The summed E-state index contributed by atoms with van der Waals surface area (Å²) in [6, 6.07) is 6.61. The number of rotatable bonds is 5. The van der Waals surface area contributed by atoms with Crippen molar-refractivity contribution in [2.24, 2.45) is 7.05 Å². The summed E-state index contributed by atoms with van der Waals surface area (Å²) in [7, 11) is 3.03. The van der Waals surface area contributed by atoms with Crippen LogP contribution < -0.4 is 10.6 Å². The predicted molar refractivity (Wildman–Crippen MR) is 94.2 cm³/mol. The summed E-state index contributed by atoms with van der Waals surface area (Å²) in [5.74, 6) is -0.188. The molecule has 2 amide bonds. The summed E-state index contributed by atoms with van der Waals surface area (Å²) >= 11 is 1.31. The van der Waals surface area contributed by atoms with Gasteiger partial charge >= 0.3 is 12.0 Å². The zero-order valence-electron chi connectivity index (χ0n) is 14.5. The van der Waals surface area contributed by atoms with E-state index < -0.39 is 12.0 Å². The zero-order chi connectivity index (χ0) is 18.7. The number of methoxy groups -OCH3 is 1. The molecule has 1 aliphatic rings. The number of aryl methyl sites for hydroxylation is 2. The van der Waals surface area contributed by atoms with Crippen molar-refractivity contribution >= 4 is 23.8 Å². The molecule has 136 valence electrons. The number of esters is 1. The third kappa shape index (κ3) is 3.54. The highest BCUT2D eigenvalue weighted by atomic mass is 32.2. The van der Waals surface area contributed by atoms with Crippen LogP contribution in [0.2, 0.25) is 0 Å². The van der Waals surface area contributed by atoms with Crippen molar-refractivity contribution in [1.29, 1.82) is 0 Å². The topological polar surface area (TPSA) is 111 Å². The summed E-state index contributed by atoms with van der Waals surface area (Å²) < 4.78 is 6.48. The lowest BCUT2D eigenvalue weighted by Gasteiger charge is -2.29. The van der Waals surface area contributed by atoms with Crippen molar-refractivity contribution in [2.75, 3.05) is 12.9 Å². The number of nitrogens with zero attached hydrogens (tertiary/aromatic N) is 4. The molecule has 1 aliphatic heterocycles. The van der Waals surface area contributed by atoms with E-state index in [-0.39, 0.29) is 6.03 Å². The molecule has 3 rings (SSSR count). The lowest BCUT2D eigenvalue weighted by molar-refractivity contribution is -0.136. The number of aromatic nitrogens is 4. The highest BCUT2D eigenvalue weighted by Crippen LogP contribution is 2.31. The zero-order valence-corrected chi connectivity index (χ0v) is 15.3. The third-order valence-electron chi connectivity index (χ3n) is 3.99. The molecule has 1 aromatic carbocycles. The SMILES string of the molecule is COC(=O)C1=C(CSc2nnnn2C)NC(=O)N[C@H]1c1ccccc1C. The fourth-order valence-corrected chi connectivity index (χ4v) is 3.53. The average molecular weight is 374 g/mol. The van der Waals surface area contributed by atoms with Gasteiger partial charge in [-0.2, -0.15) is 0 Å². The first-order chi connectivity index (χ1) is 12.5. The van der Waals surface area contributed by atoms with E-state index in [1.165, 1.54) is 23.6 Å². The van der Waals surface area contributed by atoms with Crippen molar-refractivity contribution < 1.29 is 14.3 Å². The van der Waals surface area contributed by atoms with Gasteiger partial charge in [-0.1, -0.05) is 36.0 Å². The number of ether oxygens (including phenoxy) is 1. The maximum absolute atomic E-state index is 12.5. The molecule has 9 nitrogen and oxygen atoms in total. The number of benzene rings is 1. The Labute approximate surface area is 154 Å². The van der Waals surface area contributed by atoms with E-state index in [1.807, 2.05) is 31.2 Å². The highest BCUT2D eigenvalue weighted by Gasteiger charge is 2.34. The summed E-state index contributed by atoms with van der Waals surface area (Å²) in [5, 5.41) is 17.3. The molecule has 1 atom stereocenters. The van der Waals surface area contributed by atoms with E-state index in [9.17, 15) is 9.59 Å². The summed E-state index contributed by atoms with van der Waals surface area (Å²) in [5.41, 5.74) is 2.64. The van der Waals surface area contributed by atoms with Gasteiger partial charge < -0.3 is 15.4 Å². The molecule has 2 aromatic rings. The number of hydrogen-bond donors (Lipinski definition) is 2. The Balaban J connectivity index is 2.00. The third-order valence-corrected chi connectivity index (χ3v) is 5.02. The second kappa shape index (κ2) is 7.56. The van der Waals surface area contributed by atoms with Gasteiger partial charge in [0.15, 0.2) is 0 Å². The highest BCUT2D eigenvalue weighted by molar-refractivity contribution is 7.99. The molecule has 2 heterocycles. The van der Waals surface area contributed by atoms with Gasteiger partial charge in [-0.3, -0.25) is 0 Å². The first kappa shape index (κ1) is 17.9. The van der Waals surface area contributed by atoms with Crippen LogP contribution >= 0.6 is 11.8 Å². The molecule has 0 bridgehead atoms. The van der Waals surface area contributed by atoms with Crippen molar-refractivity contribution in [3.05, 3.63) is 46.7 Å². The molecule has 0 unspecified atom stereocenters. The molecule has 0 spiro atoms. The fourth-order valence-electron chi connectivity index (χ4n) is 2.71. The maximum Gasteiger partial charge on any atom is 0.338 e. The molecule has 1 aromatic heterocycles. The monoisotopic (exact) mass is 374 g/mol. The van der Waals surface area contributed by atoms with Gasteiger partial charge in [-0.25, -0.2) is 14.3 Å². The van der Waals surface area contributed by atoms with Crippen LogP contribution in [0.5, 0.6) is 0 Å². The van der Waals surface area contributed by atoms with Crippen LogP contribution in [0.15, 0.2) is 40.7 Å². The van der Waals surface area contributed by atoms with Crippen LogP contribution in [-0.2, 0) is 16.6 Å². The van der Waals surface area contributed by atoms with E-state index in [4.69, 9.17) is 4.74 Å². The second-order valence-electron chi connectivity index (χ2n) is 5.65. The van der Waals surface area contributed by atoms with Gasteiger partial charge in [0, 0.05) is 18.5 Å². The first-order valence-corrected chi connectivity index (χ1v) is 8.79. The maximum atomic E-state index is 12.5. The van der Waals surface area contributed by atoms with Gasteiger partial charge in [0.2, 0.25) is 5.16 Å². The number of carbonyl (C=O) groups is 2. The largest absolute Gasteiger partial charge is 0.466 e. The Morgan fingerprint density at radius 2 is 2.15 bits per heavy atom. The van der Waals surface area contributed by atoms with Crippen LogP contribution in [-0.4, -0.2) is 45.1 Å². The van der Waals surface area contributed by atoms with E-state index >= 15 is 0 Å². The normalized spacial score (nSPS) is 16.9. The quantitative estimate of drug-likeness (QED) is 0.595. The summed E-state index contributed by atoms with van der Waals surface area (Å²) in [6.45, 7) is 1.93. The molecular weight excluding hydrogens is 356 g/mol. The van der Waals surface area contributed by atoms with Crippen LogP contribution in [0.25, 0.3) is 0 Å². The lowest BCUT2D eigenvalue weighted by Crippen LogP contribution is -2.46. The number of urea groups is 1. The first-order valence-electron chi connectivity index (χ1n) is 7.80. The number of carbonyl (C=O) groups excluding carboxylic acids is 2. The van der Waals surface area contributed by atoms with Crippen molar-refractivity contribution in [1.82, 2.24) is 30.8 Å². The molecule has 0 fully saturated rings. The molecule has 2 N–H and O–H groups in total. The van der Waals surface area contributed by atoms with Crippen LogP contribution in [0.3, 0.4) is 0 Å². The minimum absolute atomic E-state index is 0.314. The Hall–Kier alpha value is -2.88. The van der Waals surface area contributed by atoms with Gasteiger partial charge in [0.05, 0.1) is 18.7 Å². The van der Waals surface area contributed by atoms with E-state index in [2.05, 4.69) is 26.2 Å². The molecule has 0 saturated carbocycles. The standard InChI is InChI=1S/C16H18N6O3S/c1-9-6-4-5-7-10(9)13-12(14(23)25-3)11(17-15(24)18-13)8-26-16-19-20-21-22(16)2/h4-7,13H,8H2,1-3H3,(H2,17,18,24)/t13-/m0/s1. The Morgan fingerprint density at radius 1 is 1.38 bits per heavy atom. The lowest BCUT2D eigenvalue weighted by atomic mass is 9.92. The smallest absolute Gasteiger partial charge is 0.338 e. The number of amides is 2. The van der Waals surface area contributed by atoms with Crippen LogP contribution in [0, 0.1) is 6.92 Å². The van der Waals surface area contributed by atoms with E-state index in [0.29, 0.717) is 22.2 Å². The molecule has 26 heavy (non-hydrogen) atoms.